The predicted octanol–water partition coefficient (Wildman–Crippen LogP) is 4.71. The van der Waals surface area contributed by atoms with Gasteiger partial charge in [0.05, 0.1) is 22.1 Å². The quantitative estimate of drug-likeness (QED) is 0.373. The molecule has 2 heterocycles. The first kappa shape index (κ1) is 27.1. The van der Waals surface area contributed by atoms with Crippen LogP contribution in [0.2, 0.25) is 5.02 Å². The Hall–Kier alpha value is -2.95. The van der Waals surface area contributed by atoms with Gasteiger partial charge in [0.1, 0.15) is 17.0 Å². The second kappa shape index (κ2) is 10.8. The highest BCUT2D eigenvalue weighted by molar-refractivity contribution is 7.91. The highest BCUT2D eigenvalue weighted by atomic mass is 35.5. The van der Waals surface area contributed by atoms with Gasteiger partial charge in [-0.15, -0.1) is 0 Å². The maximum Gasteiger partial charge on any atom is 0.227 e. The molecule has 8 nitrogen and oxygen atoms in total. The van der Waals surface area contributed by atoms with Gasteiger partial charge in [0, 0.05) is 30.3 Å². The zero-order valence-electron chi connectivity index (χ0n) is 21.1. The SMILES string of the molecule is Cc1noc(C)c1-c1ccc(NC2CNC(S(C)(=O)=O)C2)c(NC(=O)[C@H](C)Cc2ccc(Cl)c(F)c2)c1. The summed E-state index contributed by atoms with van der Waals surface area (Å²) in [6.45, 7) is 5.90. The van der Waals surface area contributed by atoms with Crippen molar-refractivity contribution in [2.75, 3.05) is 23.4 Å². The summed E-state index contributed by atoms with van der Waals surface area (Å²) >= 11 is 5.78. The molecule has 0 bridgehead atoms. The summed E-state index contributed by atoms with van der Waals surface area (Å²) in [6.07, 6.45) is 1.94. The minimum absolute atomic E-state index is 0.0345. The van der Waals surface area contributed by atoms with Crippen LogP contribution in [0, 0.1) is 25.6 Å². The Balaban J connectivity index is 1.58. The lowest BCUT2D eigenvalue weighted by Crippen LogP contribution is -2.29. The van der Waals surface area contributed by atoms with Crippen LogP contribution in [0.5, 0.6) is 0 Å². The van der Waals surface area contributed by atoms with Gasteiger partial charge in [0.25, 0.3) is 0 Å². The highest BCUT2D eigenvalue weighted by Crippen LogP contribution is 2.34. The van der Waals surface area contributed by atoms with E-state index >= 15 is 0 Å². The minimum atomic E-state index is -3.22. The molecule has 198 valence electrons. The number of aromatic nitrogens is 1. The third-order valence-corrected chi connectivity index (χ3v) is 8.24. The summed E-state index contributed by atoms with van der Waals surface area (Å²) in [5, 5.41) is 12.8. The number of halogens is 2. The van der Waals surface area contributed by atoms with E-state index in [0.29, 0.717) is 42.1 Å². The van der Waals surface area contributed by atoms with Crippen LogP contribution in [0.4, 0.5) is 15.8 Å². The molecule has 1 aliphatic rings. The summed E-state index contributed by atoms with van der Waals surface area (Å²) in [4.78, 5) is 13.2. The topological polar surface area (TPSA) is 113 Å². The zero-order chi connectivity index (χ0) is 26.9. The Labute approximate surface area is 220 Å². The third-order valence-electron chi connectivity index (χ3n) is 6.54. The van der Waals surface area contributed by atoms with E-state index in [9.17, 15) is 17.6 Å². The standard InChI is InChI=1S/C26H30ClFN4O4S/c1-14(9-17-5-7-20(27)21(28)10-17)26(33)31-23-11-18(25-15(2)32-36-16(25)3)6-8-22(23)30-19-12-24(29-13-19)37(4,34)35/h5-8,10-11,14,19,24,29-30H,9,12-13H2,1-4H3,(H,31,33)/t14-,19?,24?/m1/s1. The van der Waals surface area contributed by atoms with E-state index in [0.717, 1.165) is 16.8 Å². The average Bonchev–Trinajstić information content (AvgIpc) is 3.43. The van der Waals surface area contributed by atoms with Crippen LogP contribution in [0.15, 0.2) is 40.9 Å². The van der Waals surface area contributed by atoms with Crippen molar-refractivity contribution < 1.29 is 22.1 Å². The molecule has 1 fully saturated rings. The lowest BCUT2D eigenvalue weighted by molar-refractivity contribution is -0.119. The molecule has 37 heavy (non-hydrogen) atoms. The minimum Gasteiger partial charge on any atom is -0.379 e. The first-order valence-electron chi connectivity index (χ1n) is 11.9. The maximum atomic E-state index is 13.9. The van der Waals surface area contributed by atoms with Crippen LogP contribution in [-0.2, 0) is 21.1 Å². The lowest BCUT2D eigenvalue weighted by Gasteiger charge is -2.20. The van der Waals surface area contributed by atoms with Crippen molar-refractivity contribution in [1.82, 2.24) is 10.5 Å². The first-order valence-corrected chi connectivity index (χ1v) is 14.3. The molecule has 0 spiro atoms. The molecule has 3 atom stereocenters. The molecule has 0 radical (unpaired) electrons. The molecule has 4 rings (SSSR count). The largest absolute Gasteiger partial charge is 0.379 e. The second-order valence-corrected chi connectivity index (χ2v) is 12.2. The molecule has 1 amide bonds. The Morgan fingerprint density at radius 1 is 1.24 bits per heavy atom. The summed E-state index contributed by atoms with van der Waals surface area (Å²) in [5.74, 6) is -0.570. The van der Waals surface area contributed by atoms with Crippen molar-refractivity contribution >= 4 is 38.7 Å². The van der Waals surface area contributed by atoms with Gasteiger partial charge in [0.15, 0.2) is 9.84 Å². The third kappa shape index (κ3) is 6.31. The second-order valence-electron chi connectivity index (χ2n) is 9.61. The molecule has 11 heteroatoms. The van der Waals surface area contributed by atoms with Crippen LogP contribution < -0.4 is 16.0 Å². The van der Waals surface area contributed by atoms with Gasteiger partial charge in [-0.1, -0.05) is 35.8 Å². The molecular weight excluding hydrogens is 519 g/mol. The molecule has 0 aliphatic carbocycles. The summed E-state index contributed by atoms with van der Waals surface area (Å²) < 4.78 is 43.1. The molecule has 1 saturated heterocycles. The summed E-state index contributed by atoms with van der Waals surface area (Å²) in [6, 6.07) is 9.97. The Bertz CT molecular complexity index is 1410. The molecule has 2 aromatic carbocycles. The van der Waals surface area contributed by atoms with Crippen molar-refractivity contribution in [2.45, 2.75) is 45.0 Å². The fourth-order valence-corrected chi connectivity index (χ4v) is 5.65. The van der Waals surface area contributed by atoms with Crippen molar-refractivity contribution in [3.8, 4) is 11.1 Å². The number of hydrogen-bond acceptors (Lipinski definition) is 7. The normalized spacial score (nSPS) is 18.5. The maximum absolute atomic E-state index is 13.9. The van der Waals surface area contributed by atoms with Crippen molar-refractivity contribution in [3.63, 3.8) is 0 Å². The Morgan fingerprint density at radius 3 is 2.62 bits per heavy atom. The van der Waals surface area contributed by atoms with E-state index in [-0.39, 0.29) is 17.0 Å². The fourth-order valence-electron chi connectivity index (χ4n) is 4.55. The first-order chi connectivity index (χ1) is 17.4. The summed E-state index contributed by atoms with van der Waals surface area (Å²) in [5.41, 5.74) is 4.25. The number of carbonyl (C=O) groups excluding carboxylic acids is 1. The van der Waals surface area contributed by atoms with Gasteiger partial charge in [-0.25, -0.2) is 12.8 Å². The van der Waals surface area contributed by atoms with Crippen LogP contribution in [-0.4, -0.2) is 43.7 Å². The molecule has 3 N–H and O–H groups in total. The Morgan fingerprint density at radius 2 is 2.00 bits per heavy atom. The van der Waals surface area contributed by atoms with Crippen LogP contribution >= 0.6 is 11.6 Å². The molecular formula is C26H30ClFN4O4S. The van der Waals surface area contributed by atoms with E-state index in [1.54, 1.807) is 13.0 Å². The number of anilines is 2. The van der Waals surface area contributed by atoms with Gasteiger partial charge in [-0.05, 0) is 62.1 Å². The van der Waals surface area contributed by atoms with Gasteiger partial charge < -0.3 is 15.2 Å². The van der Waals surface area contributed by atoms with E-state index in [4.69, 9.17) is 16.1 Å². The number of carbonyl (C=O) groups is 1. The van der Waals surface area contributed by atoms with Gasteiger partial charge >= 0.3 is 0 Å². The number of sulfone groups is 1. The number of hydrogen-bond donors (Lipinski definition) is 3. The fraction of sp³-hybridized carbons (Fsp3) is 0.385. The van der Waals surface area contributed by atoms with Gasteiger partial charge in [-0.2, -0.15) is 0 Å². The average molecular weight is 549 g/mol. The zero-order valence-corrected chi connectivity index (χ0v) is 22.6. The van der Waals surface area contributed by atoms with E-state index in [2.05, 4.69) is 21.1 Å². The molecule has 1 aliphatic heterocycles. The summed E-state index contributed by atoms with van der Waals surface area (Å²) in [7, 11) is -3.22. The van der Waals surface area contributed by atoms with E-state index in [1.165, 1.54) is 18.4 Å². The highest BCUT2D eigenvalue weighted by Gasteiger charge is 2.31. The molecule has 3 aromatic rings. The Kier molecular flexibility index (Phi) is 7.91. The molecule has 2 unspecified atom stereocenters. The lowest BCUT2D eigenvalue weighted by atomic mass is 9.99. The van der Waals surface area contributed by atoms with Crippen LogP contribution in [0.1, 0.15) is 30.4 Å². The van der Waals surface area contributed by atoms with Crippen LogP contribution in [0.25, 0.3) is 11.1 Å². The van der Waals surface area contributed by atoms with E-state index in [1.807, 2.05) is 32.0 Å². The number of amides is 1. The number of aryl methyl sites for hydroxylation is 2. The van der Waals surface area contributed by atoms with Crippen molar-refractivity contribution in [3.05, 3.63) is 64.3 Å². The molecule has 1 aromatic heterocycles. The van der Waals surface area contributed by atoms with Gasteiger partial charge in [0.2, 0.25) is 5.91 Å². The number of nitrogens with one attached hydrogen (secondary N) is 3. The number of nitrogens with zero attached hydrogens (tertiary/aromatic N) is 1. The monoisotopic (exact) mass is 548 g/mol. The smallest absolute Gasteiger partial charge is 0.227 e. The van der Waals surface area contributed by atoms with Crippen molar-refractivity contribution in [1.29, 1.82) is 0 Å². The van der Waals surface area contributed by atoms with E-state index < -0.39 is 26.9 Å². The van der Waals surface area contributed by atoms with Gasteiger partial charge in [-0.3, -0.25) is 10.1 Å². The predicted molar refractivity (Wildman–Crippen MR) is 143 cm³/mol. The van der Waals surface area contributed by atoms with Crippen molar-refractivity contribution in [2.24, 2.45) is 5.92 Å². The van der Waals surface area contributed by atoms with Crippen LogP contribution in [0.3, 0.4) is 0 Å². The number of rotatable bonds is 8. The number of benzene rings is 2. The molecule has 0 saturated carbocycles.